The van der Waals surface area contributed by atoms with Crippen LogP contribution in [0.3, 0.4) is 0 Å². The van der Waals surface area contributed by atoms with Gasteiger partial charge in [0.25, 0.3) is 0 Å². The molecule has 0 atom stereocenters. The lowest BCUT2D eigenvalue weighted by Gasteiger charge is -2.35. The van der Waals surface area contributed by atoms with Gasteiger partial charge in [0.1, 0.15) is 0 Å². The van der Waals surface area contributed by atoms with Crippen molar-refractivity contribution < 1.29 is 4.79 Å². The molecule has 1 aliphatic rings. The number of nitrogens with zero attached hydrogens (tertiary/aromatic N) is 2. The summed E-state index contributed by atoms with van der Waals surface area (Å²) in [5.74, 6) is 0.525. The van der Waals surface area contributed by atoms with E-state index in [9.17, 15) is 4.79 Å². The Kier molecular flexibility index (Phi) is 1.57. The molecule has 1 fully saturated rings. The van der Waals surface area contributed by atoms with Crippen molar-refractivity contribution in [1.82, 2.24) is 0 Å². The van der Waals surface area contributed by atoms with Gasteiger partial charge in [-0.2, -0.15) is 10.3 Å². The zero-order valence-corrected chi connectivity index (χ0v) is 5.79. The van der Waals surface area contributed by atoms with Crippen molar-refractivity contribution in [2.24, 2.45) is 10.9 Å². The summed E-state index contributed by atoms with van der Waals surface area (Å²) < 4.78 is 0. The molecule has 3 heteroatoms. The van der Waals surface area contributed by atoms with Crippen molar-refractivity contribution in [2.45, 2.75) is 25.3 Å². The molecule has 0 aromatic rings. The molecular formula is C7H8N2O. The molecule has 0 spiro atoms. The Morgan fingerprint density at radius 3 is 2.60 bits per heavy atom. The largest absolute Gasteiger partial charge is 0.236 e. The van der Waals surface area contributed by atoms with E-state index in [1.807, 2.05) is 13.0 Å². The van der Waals surface area contributed by atoms with Crippen LogP contribution >= 0.6 is 0 Å². The molecule has 0 amide bonds. The maximum Gasteiger partial charge on any atom is 0.236 e. The van der Waals surface area contributed by atoms with Crippen molar-refractivity contribution in [3.8, 4) is 6.07 Å². The fraction of sp³-hybridized carbons (Fsp3) is 0.714. The van der Waals surface area contributed by atoms with Crippen molar-refractivity contribution in [3.05, 3.63) is 0 Å². The topological polar surface area (TPSA) is 53.2 Å². The molecule has 3 nitrogen and oxygen atoms in total. The Morgan fingerprint density at radius 2 is 2.30 bits per heavy atom. The number of nitriles is 1. The van der Waals surface area contributed by atoms with Crippen LogP contribution in [0.15, 0.2) is 4.99 Å². The van der Waals surface area contributed by atoms with Gasteiger partial charge in [-0.1, -0.05) is 6.92 Å². The second-order valence-corrected chi connectivity index (χ2v) is 2.86. The van der Waals surface area contributed by atoms with E-state index in [-0.39, 0.29) is 0 Å². The monoisotopic (exact) mass is 136 g/mol. The van der Waals surface area contributed by atoms with E-state index < -0.39 is 5.54 Å². The highest BCUT2D eigenvalue weighted by Crippen LogP contribution is 2.39. The van der Waals surface area contributed by atoms with Gasteiger partial charge < -0.3 is 0 Å². The van der Waals surface area contributed by atoms with Crippen molar-refractivity contribution in [2.75, 3.05) is 0 Å². The lowest BCUT2D eigenvalue weighted by Crippen LogP contribution is -2.39. The average Bonchev–Trinajstić information content (AvgIpc) is 1.84. The fourth-order valence-corrected chi connectivity index (χ4v) is 1.39. The third-order valence-electron chi connectivity index (χ3n) is 1.84. The molecule has 1 saturated carbocycles. The summed E-state index contributed by atoms with van der Waals surface area (Å²) >= 11 is 0. The lowest BCUT2D eigenvalue weighted by atomic mass is 9.71. The smallest absolute Gasteiger partial charge is 0.211 e. The Labute approximate surface area is 59.4 Å². The third kappa shape index (κ3) is 0.940. The maximum atomic E-state index is 9.84. The second kappa shape index (κ2) is 2.24. The van der Waals surface area contributed by atoms with Crippen LogP contribution < -0.4 is 0 Å². The summed E-state index contributed by atoms with van der Waals surface area (Å²) in [6, 6.07) is 2.02. The number of aliphatic imine (C=N–C) groups is 1. The molecule has 0 heterocycles. The first-order valence-electron chi connectivity index (χ1n) is 3.23. The van der Waals surface area contributed by atoms with Crippen LogP contribution in [0.5, 0.6) is 0 Å². The summed E-state index contributed by atoms with van der Waals surface area (Å²) in [7, 11) is 0. The summed E-state index contributed by atoms with van der Waals surface area (Å²) in [6.07, 6.45) is 2.85. The molecule has 0 aromatic carbocycles. The van der Waals surface area contributed by atoms with Gasteiger partial charge in [-0.3, -0.25) is 0 Å². The van der Waals surface area contributed by atoms with E-state index in [2.05, 4.69) is 4.99 Å². The van der Waals surface area contributed by atoms with Crippen molar-refractivity contribution in [1.29, 1.82) is 5.26 Å². The average molecular weight is 136 g/mol. The minimum atomic E-state index is -0.707. The van der Waals surface area contributed by atoms with Crippen LogP contribution in [0.25, 0.3) is 0 Å². The Balaban J connectivity index is 2.68. The molecule has 0 saturated heterocycles. The number of carbonyl (C=O) groups excluding carboxylic acids is 1. The first-order chi connectivity index (χ1) is 4.72. The molecule has 10 heavy (non-hydrogen) atoms. The van der Waals surface area contributed by atoms with E-state index in [1.54, 1.807) is 0 Å². The number of hydrogen-bond donors (Lipinski definition) is 0. The molecule has 0 bridgehead atoms. The lowest BCUT2D eigenvalue weighted by molar-refractivity contribution is 0.224. The quantitative estimate of drug-likeness (QED) is 0.399. The van der Waals surface area contributed by atoms with Crippen LogP contribution in [0.2, 0.25) is 0 Å². The Hall–Kier alpha value is -1.13. The van der Waals surface area contributed by atoms with E-state index in [0.717, 1.165) is 0 Å². The summed E-state index contributed by atoms with van der Waals surface area (Å²) in [5, 5.41) is 8.56. The standard InChI is InChI=1S/C7H8N2O/c1-6-2-7(3-6,4-8)9-5-10/h6H,2-3H2,1H3. The van der Waals surface area contributed by atoms with Gasteiger partial charge in [0.05, 0.1) is 6.07 Å². The van der Waals surface area contributed by atoms with Crippen LogP contribution in [0, 0.1) is 17.2 Å². The van der Waals surface area contributed by atoms with Gasteiger partial charge in [0, 0.05) is 0 Å². The van der Waals surface area contributed by atoms with Crippen LogP contribution in [-0.2, 0) is 4.79 Å². The van der Waals surface area contributed by atoms with Gasteiger partial charge in [-0.05, 0) is 18.8 Å². The molecule has 0 N–H and O–H groups in total. The summed E-state index contributed by atoms with van der Waals surface area (Å²) in [5.41, 5.74) is -0.707. The van der Waals surface area contributed by atoms with Crippen molar-refractivity contribution in [3.63, 3.8) is 0 Å². The predicted molar refractivity (Wildman–Crippen MR) is 34.9 cm³/mol. The highest BCUT2D eigenvalue weighted by Gasteiger charge is 2.42. The molecule has 52 valence electrons. The number of hydrogen-bond acceptors (Lipinski definition) is 3. The highest BCUT2D eigenvalue weighted by atomic mass is 16.1. The molecule has 1 rings (SSSR count). The minimum absolute atomic E-state index is 0.525. The van der Waals surface area contributed by atoms with E-state index in [0.29, 0.717) is 18.8 Å². The molecule has 1 aliphatic carbocycles. The molecule has 0 aliphatic heterocycles. The number of isocyanates is 1. The maximum absolute atomic E-state index is 9.84. The van der Waals surface area contributed by atoms with Gasteiger partial charge in [0.2, 0.25) is 6.08 Å². The van der Waals surface area contributed by atoms with Crippen LogP contribution in [-0.4, -0.2) is 11.6 Å². The van der Waals surface area contributed by atoms with E-state index in [4.69, 9.17) is 5.26 Å². The van der Waals surface area contributed by atoms with Gasteiger partial charge >= 0.3 is 0 Å². The molecule has 0 unspecified atom stereocenters. The van der Waals surface area contributed by atoms with Crippen molar-refractivity contribution >= 4 is 6.08 Å². The minimum Gasteiger partial charge on any atom is -0.211 e. The molecule has 0 aromatic heterocycles. The normalized spacial score (nSPS) is 37.0. The molecular weight excluding hydrogens is 128 g/mol. The SMILES string of the molecule is CC1CC(C#N)(N=C=O)C1. The summed E-state index contributed by atoms with van der Waals surface area (Å²) in [4.78, 5) is 13.3. The molecule has 0 radical (unpaired) electrons. The third-order valence-corrected chi connectivity index (χ3v) is 1.84. The predicted octanol–water partition coefficient (Wildman–Crippen LogP) is 1.01. The second-order valence-electron chi connectivity index (χ2n) is 2.86. The summed E-state index contributed by atoms with van der Waals surface area (Å²) in [6.45, 7) is 2.04. The van der Waals surface area contributed by atoms with Gasteiger partial charge in [-0.15, -0.1) is 0 Å². The fourth-order valence-electron chi connectivity index (χ4n) is 1.39. The van der Waals surface area contributed by atoms with Crippen LogP contribution in [0.4, 0.5) is 0 Å². The van der Waals surface area contributed by atoms with Crippen LogP contribution in [0.1, 0.15) is 19.8 Å². The zero-order valence-electron chi connectivity index (χ0n) is 5.79. The highest BCUT2D eigenvalue weighted by molar-refractivity contribution is 5.38. The van der Waals surface area contributed by atoms with E-state index in [1.165, 1.54) is 6.08 Å². The van der Waals surface area contributed by atoms with E-state index >= 15 is 0 Å². The number of rotatable bonds is 1. The first-order valence-corrected chi connectivity index (χ1v) is 3.23. The Bertz CT molecular complexity index is 216. The van der Waals surface area contributed by atoms with Gasteiger partial charge in [-0.25, -0.2) is 4.79 Å². The zero-order chi connectivity index (χ0) is 7.61. The Morgan fingerprint density at radius 1 is 1.70 bits per heavy atom. The van der Waals surface area contributed by atoms with Gasteiger partial charge in [0.15, 0.2) is 5.54 Å². The first kappa shape index (κ1) is 6.98.